The number of hydrogen-bond donors (Lipinski definition) is 3. The maximum Gasteiger partial charge on any atom is 0.418 e. The van der Waals surface area contributed by atoms with Crippen molar-refractivity contribution in [3.63, 3.8) is 0 Å². The first kappa shape index (κ1) is 16.8. The van der Waals surface area contributed by atoms with Crippen molar-refractivity contribution in [1.82, 2.24) is 15.4 Å². The van der Waals surface area contributed by atoms with E-state index in [1.54, 1.807) is 0 Å². The minimum atomic E-state index is -4.50. The molecule has 0 saturated carbocycles. The van der Waals surface area contributed by atoms with Crippen LogP contribution in [0.15, 0.2) is 48.5 Å². The molecule has 25 heavy (non-hydrogen) atoms. The Morgan fingerprint density at radius 2 is 1.80 bits per heavy atom. The molecule has 3 N–H and O–H groups in total. The number of amides is 1. The van der Waals surface area contributed by atoms with E-state index in [0.29, 0.717) is 12.2 Å². The van der Waals surface area contributed by atoms with E-state index >= 15 is 0 Å². The van der Waals surface area contributed by atoms with Gasteiger partial charge in [-0.25, -0.2) is 4.98 Å². The molecule has 2 aromatic carbocycles. The zero-order valence-electron chi connectivity index (χ0n) is 13.0. The molecular weight excluding hydrogens is 333 g/mol. The van der Waals surface area contributed by atoms with Crippen LogP contribution in [0.2, 0.25) is 0 Å². The summed E-state index contributed by atoms with van der Waals surface area (Å²) in [5, 5.41) is 0. The predicted octanol–water partition coefficient (Wildman–Crippen LogP) is 3.66. The number of benzene rings is 2. The van der Waals surface area contributed by atoms with Gasteiger partial charge >= 0.3 is 6.18 Å². The highest BCUT2D eigenvalue weighted by Gasteiger charge is 2.33. The summed E-state index contributed by atoms with van der Waals surface area (Å²) < 4.78 is 38.6. The number of nitrogens with zero attached hydrogens (tertiary/aromatic N) is 1. The summed E-state index contributed by atoms with van der Waals surface area (Å²) >= 11 is 0. The summed E-state index contributed by atoms with van der Waals surface area (Å²) in [4.78, 5) is 19.3. The summed E-state index contributed by atoms with van der Waals surface area (Å²) in [6.45, 7) is 0. The third-order valence-corrected chi connectivity index (χ3v) is 3.60. The van der Waals surface area contributed by atoms with Crippen LogP contribution in [0.3, 0.4) is 0 Å². The van der Waals surface area contributed by atoms with Gasteiger partial charge in [-0.05, 0) is 24.3 Å². The van der Waals surface area contributed by atoms with Crippen LogP contribution in [-0.4, -0.2) is 15.9 Å². The molecule has 0 unspecified atom stereocenters. The first-order valence-corrected chi connectivity index (χ1v) is 7.58. The largest absolute Gasteiger partial charge is 0.418 e. The maximum absolute atomic E-state index is 12.9. The zero-order valence-corrected chi connectivity index (χ0v) is 13.0. The average molecular weight is 348 g/mol. The number of nitrogens with one attached hydrogen (secondary N) is 3. The molecule has 0 aliphatic heterocycles. The van der Waals surface area contributed by atoms with Gasteiger partial charge in [-0.2, -0.15) is 13.2 Å². The van der Waals surface area contributed by atoms with Gasteiger partial charge in [0.1, 0.15) is 5.82 Å². The predicted molar refractivity (Wildman–Crippen MR) is 87.6 cm³/mol. The van der Waals surface area contributed by atoms with Crippen molar-refractivity contribution < 1.29 is 18.0 Å². The second-order valence-electron chi connectivity index (χ2n) is 5.42. The van der Waals surface area contributed by atoms with E-state index in [4.69, 9.17) is 0 Å². The van der Waals surface area contributed by atoms with E-state index in [9.17, 15) is 18.0 Å². The fourth-order valence-electron chi connectivity index (χ4n) is 2.39. The number of carbonyl (C=O) groups is 1. The van der Waals surface area contributed by atoms with E-state index in [1.165, 1.54) is 18.2 Å². The first-order chi connectivity index (χ1) is 11.9. The highest BCUT2D eigenvalue weighted by Crippen LogP contribution is 2.34. The molecule has 0 bridgehead atoms. The fourth-order valence-corrected chi connectivity index (χ4v) is 2.39. The minimum Gasteiger partial charge on any atom is -0.342 e. The number of aromatic nitrogens is 2. The molecule has 0 radical (unpaired) electrons. The fraction of sp³-hybridized carbons (Fsp3) is 0.176. The van der Waals surface area contributed by atoms with Gasteiger partial charge in [0, 0.05) is 12.8 Å². The number of anilines is 1. The summed E-state index contributed by atoms with van der Waals surface area (Å²) in [5.41, 5.74) is 5.25. The number of para-hydroxylation sites is 3. The van der Waals surface area contributed by atoms with Crippen molar-refractivity contribution in [1.29, 1.82) is 0 Å². The molecule has 0 saturated heterocycles. The van der Waals surface area contributed by atoms with Crippen LogP contribution in [0.1, 0.15) is 17.8 Å². The van der Waals surface area contributed by atoms with Crippen LogP contribution < -0.4 is 10.9 Å². The van der Waals surface area contributed by atoms with E-state index in [-0.39, 0.29) is 12.1 Å². The van der Waals surface area contributed by atoms with Gasteiger partial charge in [0.25, 0.3) is 0 Å². The van der Waals surface area contributed by atoms with Crippen molar-refractivity contribution in [2.75, 3.05) is 5.43 Å². The smallest absolute Gasteiger partial charge is 0.342 e. The molecule has 1 amide bonds. The second-order valence-corrected chi connectivity index (χ2v) is 5.42. The molecular formula is C17H15F3N4O. The number of alkyl halides is 3. The topological polar surface area (TPSA) is 69.8 Å². The number of fused-ring (bicyclic) bond motifs is 1. The Hall–Kier alpha value is -3.03. The summed E-state index contributed by atoms with van der Waals surface area (Å²) in [5.74, 6) is 0.212. The Balaban J connectivity index is 1.57. The Morgan fingerprint density at radius 1 is 1.08 bits per heavy atom. The molecule has 3 rings (SSSR count). The number of imidazole rings is 1. The molecule has 8 heteroatoms. The molecule has 130 valence electrons. The lowest BCUT2D eigenvalue weighted by Gasteiger charge is -2.14. The molecule has 0 aliphatic rings. The number of hydrogen-bond acceptors (Lipinski definition) is 3. The SMILES string of the molecule is O=C(CCc1nc2ccccc2[nH]1)NNc1ccccc1C(F)(F)F. The lowest BCUT2D eigenvalue weighted by molar-refractivity contribution is -0.137. The molecule has 1 aromatic heterocycles. The van der Waals surface area contributed by atoms with E-state index < -0.39 is 17.6 Å². The highest BCUT2D eigenvalue weighted by molar-refractivity contribution is 5.78. The second kappa shape index (κ2) is 6.84. The monoisotopic (exact) mass is 348 g/mol. The van der Waals surface area contributed by atoms with Crippen LogP contribution >= 0.6 is 0 Å². The summed E-state index contributed by atoms with van der Waals surface area (Å²) in [6, 6.07) is 12.4. The number of halogens is 3. The van der Waals surface area contributed by atoms with Crippen LogP contribution in [0.25, 0.3) is 11.0 Å². The normalized spacial score (nSPS) is 11.5. The van der Waals surface area contributed by atoms with Gasteiger partial charge in [-0.3, -0.25) is 15.6 Å². The molecule has 5 nitrogen and oxygen atoms in total. The number of carbonyl (C=O) groups excluding carboxylic acids is 1. The average Bonchev–Trinajstić information content (AvgIpc) is 3.00. The van der Waals surface area contributed by atoms with Gasteiger partial charge in [0.2, 0.25) is 5.91 Å². The Morgan fingerprint density at radius 3 is 2.56 bits per heavy atom. The molecule has 0 atom stereocenters. The van der Waals surface area contributed by atoms with Crippen molar-refractivity contribution in [2.45, 2.75) is 19.0 Å². The highest BCUT2D eigenvalue weighted by atomic mass is 19.4. The number of aryl methyl sites for hydroxylation is 1. The third-order valence-electron chi connectivity index (χ3n) is 3.60. The molecule has 0 spiro atoms. The maximum atomic E-state index is 12.9. The lowest BCUT2D eigenvalue weighted by Crippen LogP contribution is -2.30. The van der Waals surface area contributed by atoms with Crippen molar-refractivity contribution >= 4 is 22.6 Å². The van der Waals surface area contributed by atoms with Crippen LogP contribution in [0.5, 0.6) is 0 Å². The van der Waals surface area contributed by atoms with Crippen LogP contribution in [0, 0.1) is 0 Å². The molecule has 3 aromatic rings. The molecule has 1 heterocycles. The Kier molecular flexibility index (Phi) is 4.60. The van der Waals surface area contributed by atoms with Gasteiger partial charge in [-0.15, -0.1) is 0 Å². The van der Waals surface area contributed by atoms with E-state index in [1.807, 2.05) is 24.3 Å². The standard InChI is InChI=1S/C17H15F3N4O/c18-17(19,20)11-5-1-2-6-12(11)23-24-16(25)10-9-15-21-13-7-3-4-8-14(13)22-15/h1-8,23H,9-10H2,(H,21,22)(H,24,25). The van der Waals surface area contributed by atoms with Gasteiger partial charge in [0.15, 0.2) is 0 Å². The lowest BCUT2D eigenvalue weighted by atomic mass is 10.2. The minimum absolute atomic E-state index is 0.0843. The number of H-pyrrole nitrogens is 1. The van der Waals surface area contributed by atoms with Gasteiger partial charge < -0.3 is 4.98 Å². The van der Waals surface area contributed by atoms with Gasteiger partial charge in [0.05, 0.1) is 22.3 Å². The van der Waals surface area contributed by atoms with Crippen LogP contribution in [0.4, 0.5) is 18.9 Å². The number of aromatic amines is 1. The van der Waals surface area contributed by atoms with E-state index in [0.717, 1.165) is 17.1 Å². The van der Waals surface area contributed by atoms with Crippen molar-refractivity contribution in [3.05, 3.63) is 59.9 Å². The summed E-state index contributed by atoms with van der Waals surface area (Å²) in [7, 11) is 0. The van der Waals surface area contributed by atoms with Crippen LogP contribution in [-0.2, 0) is 17.4 Å². The van der Waals surface area contributed by atoms with E-state index in [2.05, 4.69) is 20.8 Å². The Labute approximate surface area is 141 Å². The molecule has 0 aliphatic carbocycles. The first-order valence-electron chi connectivity index (χ1n) is 7.58. The van der Waals surface area contributed by atoms with Crippen molar-refractivity contribution in [2.24, 2.45) is 0 Å². The number of rotatable bonds is 5. The van der Waals surface area contributed by atoms with Gasteiger partial charge in [-0.1, -0.05) is 24.3 Å². The molecule has 0 fully saturated rings. The Bertz CT molecular complexity index is 856. The summed E-state index contributed by atoms with van der Waals surface area (Å²) in [6.07, 6.45) is -4.06. The van der Waals surface area contributed by atoms with Crippen molar-refractivity contribution in [3.8, 4) is 0 Å². The third kappa shape index (κ3) is 4.09. The quantitative estimate of drug-likeness (QED) is 0.617. The zero-order chi connectivity index (χ0) is 17.9. The number of hydrazine groups is 1.